The maximum Gasteiger partial charge on any atom is 0.341 e. The summed E-state index contributed by atoms with van der Waals surface area (Å²) in [7, 11) is 0. The van der Waals surface area contributed by atoms with Gasteiger partial charge in [0.05, 0.1) is 11.3 Å². The molecule has 19 heavy (non-hydrogen) atoms. The number of aryl methyl sites for hydroxylation is 1. The van der Waals surface area contributed by atoms with Crippen molar-refractivity contribution >= 4 is 11.7 Å². The van der Waals surface area contributed by atoms with E-state index in [0.717, 1.165) is 11.8 Å². The lowest BCUT2D eigenvalue weighted by atomic mass is 10.2. The maximum atomic E-state index is 13.4. The molecule has 1 aromatic heterocycles. The second kappa shape index (κ2) is 5.48. The number of ether oxygens (including phenoxy) is 1. The Labute approximate surface area is 110 Å². The van der Waals surface area contributed by atoms with E-state index in [0.29, 0.717) is 11.4 Å². The summed E-state index contributed by atoms with van der Waals surface area (Å²) in [6.07, 6.45) is 0. The molecule has 0 saturated carbocycles. The molecule has 0 fully saturated rings. The van der Waals surface area contributed by atoms with E-state index < -0.39 is 11.8 Å². The first-order valence-electron chi connectivity index (χ1n) is 5.71. The number of hydrogen-bond donors (Lipinski definition) is 1. The van der Waals surface area contributed by atoms with Gasteiger partial charge in [0, 0.05) is 11.4 Å². The Morgan fingerprint density at radius 3 is 2.89 bits per heavy atom. The molecule has 5 heteroatoms. The molecule has 0 radical (unpaired) electrons. The second-order valence-electron chi connectivity index (χ2n) is 4.09. The van der Waals surface area contributed by atoms with Crippen molar-refractivity contribution in [3.8, 4) is 0 Å². The highest BCUT2D eigenvalue weighted by Gasteiger charge is 2.13. The van der Waals surface area contributed by atoms with Crippen LogP contribution in [0.3, 0.4) is 0 Å². The summed E-state index contributed by atoms with van der Waals surface area (Å²) in [6, 6.07) is 9.15. The van der Waals surface area contributed by atoms with E-state index in [1.807, 2.05) is 19.1 Å². The summed E-state index contributed by atoms with van der Waals surface area (Å²) in [5.74, 6) is -1.41. The van der Waals surface area contributed by atoms with Crippen LogP contribution >= 0.6 is 0 Å². The van der Waals surface area contributed by atoms with Gasteiger partial charge in [-0.3, -0.25) is 4.98 Å². The molecular formula is C14H13FN2O2. The number of carbonyl (C=O) groups is 1. The zero-order valence-electron chi connectivity index (χ0n) is 10.4. The van der Waals surface area contributed by atoms with Crippen LogP contribution in [0.5, 0.6) is 0 Å². The first-order chi connectivity index (χ1) is 9.06. The van der Waals surface area contributed by atoms with Crippen LogP contribution in [-0.4, -0.2) is 11.0 Å². The minimum absolute atomic E-state index is 0.00521. The zero-order chi connectivity index (χ0) is 13.8. The number of hydrogen-bond acceptors (Lipinski definition) is 4. The molecule has 2 N–H and O–H groups in total. The summed E-state index contributed by atoms with van der Waals surface area (Å²) >= 11 is 0. The third-order valence-electron chi connectivity index (χ3n) is 2.51. The van der Waals surface area contributed by atoms with Crippen LogP contribution in [-0.2, 0) is 11.3 Å². The van der Waals surface area contributed by atoms with Gasteiger partial charge >= 0.3 is 5.97 Å². The summed E-state index contributed by atoms with van der Waals surface area (Å²) in [4.78, 5) is 15.9. The van der Waals surface area contributed by atoms with Gasteiger partial charge in [-0.15, -0.1) is 0 Å². The van der Waals surface area contributed by atoms with E-state index in [1.54, 1.807) is 6.07 Å². The number of rotatable bonds is 3. The lowest BCUT2D eigenvalue weighted by Crippen LogP contribution is -2.09. The largest absolute Gasteiger partial charge is 0.456 e. The smallest absolute Gasteiger partial charge is 0.341 e. The minimum atomic E-state index is -0.756. The number of esters is 1. The number of benzene rings is 1. The Bertz CT molecular complexity index is 614. The monoisotopic (exact) mass is 260 g/mol. The fourth-order valence-electron chi connectivity index (χ4n) is 1.60. The van der Waals surface area contributed by atoms with Crippen molar-refractivity contribution in [3.05, 3.63) is 59.2 Å². The Hall–Kier alpha value is -2.43. The van der Waals surface area contributed by atoms with Crippen LogP contribution in [0.2, 0.25) is 0 Å². The first-order valence-corrected chi connectivity index (χ1v) is 5.71. The van der Waals surface area contributed by atoms with E-state index in [1.165, 1.54) is 12.1 Å². The van der Waals surface area contributed by atoms with Crippen LogP contribution < -0.4 is 5.73 Å². The Kier molecular flexibility index (Phi) is 3.75. The highest BCUT2D eigenvalue weighted by atomic mass is 19.1. The van der Waals surface area contributed by atoms with Gasteiger partial charge in [-0.2, -0.15) is 0 Å². The topological polar surface area (TPSA) is 65.2 Å². The molecule has 0 amide bonds. The highest BCUT2D eigenvalue weighted by molar-refractivity contribution is 5.90. The maximum absolute atomic E-state index is 13.4. The van der Waals surface area contributed by atoms with Crippen LogP contribution in [0.25, 0.3) is 0 Å². The summed E-state index contributed by atoms with van der Waals surface area (Å²) in [5, 5.41) is 0. The van der Waals surface area contributed by atoms with E-state index in [-0.39, 0.29) is 12.2 Å². The van der Waals surface area contributed by atoms with Crippen molar-refractivity contribution in [2.24, 2.45) is 0 Å². The summed E-state index contributed by atoms with van der Waals surface area (Å²) in [5.41, 5.74) is 7.07. The quantitative estimate of drug-likeness (QED) is 0.680. The number of anilines is 1. The third kappa shape index (κ3) is 3.28. The van der Waals surface area contributed by atoms with Crippen LogP contribution in [0, 0.1) is 12.7 Å². The first kappa shape index (κ1) is 13.0. The minimum Gasteiger partial charge on any atom is -0.456 e. The predicted molar refractivity (Wildman–Crippen MR) is 68.9 cm³/mol. The molecule has 0 spiro atoms. The molecule has 0 atom stereocenters. The van der Waals surface area contributed by atoms with E-state index in [9.17, 15) is 9.18 Å². The molecule has 0 unspecified atom stereocenters. The molecular weight excluding hydrogens is 247 g/mol. The third-order valence-corrected chi connectivity index (χ3v) is 2.51. The molecule has 0 aliphatic carbocycles. The van der Waals surface area contributed by atoms with Gasteiger partial charge in [-0.25, -0.2) is 9.18 Å². The van der Waals surface area contributed by atoms with Gasteiger partial charge in [-0.1, -0.05) is 6.07 Å². The average molecular weight is 260 g/mol. The number of nitrogens with two attached hydrogens (primary N) is 1. The van der Waals surface area contributed by atoms with Crippen LogP contribution in [0.15, 0.2) is 36.4 Å². The van der Waals surface area contributed by atoms with Crippen molar-refractivity contribution in [1.29, 1.82) is 0 Å². The molecule has 2 aromatic rings. The second-order valence-corrected chi connectivity index (χ2v) is 4.09. The predicted octanol–water partition coefficient (Wildman–Crippen LogP) is 2.47. The summed E-state index contributed by atoms with van der Waals surface area (Å²) < 4.78 is 18.4. The standard InChI is InChI=1S/C14H13FN2O2/c1-9-3-2-4-11(17-9)8-19-14(18)12-7-10(16)5-6-13(12)15/h2-7H,8,16H2,1H3. The van der Waals surface area contributed by atoms with Crippen molar-refractivity contribution in [3.63, 3.8) is 0 Å². The Balaban J connectivity index is 2.07. The average Bonchev–Trinajstić information content (AvgIpc) is 2.39. The van der Waals surface area contributed by atoms with Crippen molar-refractivity contribution in [2.75, 3.05) is 5.73 Å². The van der Waals surface area contributed by atoms with Crippen molar-refractivity contribution in [2.45, 2.75) is 13.5 Å². The molecule has 1 heterocycles. The number of nitrogens with zero attached hydrogens (tertiary/aromatic N) is 1. The molecule has 0 saturated heterocycles. The van der Waals surface area contributed by atoms with Gasteiger partial charge < -0.3 is 10.5 Å². The van der Waals surface area contributed by atoms with Crippen molar-refractivity contribution in [1.82, 2.24) is 4.98 Å². The van der Waals surface area contributed by atoms with Gasteiger partial charge in [-0.05, 0) is 37.3 Å². The molecule has 0 aliphatic rings. The van der Waals surface area contributed by atoms with Gasteiger partial charge in [0.25, 0.3) is 0 Å². The molecule has 0 aliphatic heterocycles. The van der Waals surface area contributed by atoms with E-state index >= 15 is 0 Å². The van der Waals surface area contributed by atoms with Gasteiger partial charge in [0.2, 0.25) is 0 Å². The molecule has 2 rings (SSSR count). The number of pyridine rings is 1. The van der Waals surface area contributed by atoms with E-state index in [2.05, 4.69) is 4.98 Å². The molecule has 1 aromatic carbocycles. The number of carbonyl (C=O) groups excluding carboxylic acids is 1. The van der Waals surface area contributed by atoms with E-state index in [4.69, 9.17) is 10.5 Å². The van der Waals surface area contributed by atoms with Crippen molar-refractivity contribution < 1.29 is 13.9 Å². The normalized spacial score (nSPS) is 10.2. The lowest BCUT2D eigenvalue weighted by molar-refractivity contribution is 0.0462. The lowest BCUT2D eigenvalue weighted by Gasteiger charge is -2.06. The van der Waals surface area contributed by atoms with Gasteiger partial charge in [0.15, 0.2) is 0 Å². The Morgan fingerprint density at radius 1 is 1.37 bits per heavy atom. The number of nitrogen functional groups attached to an aromatic ring is 1. The fourth-order valence-corrected chi connectivity index (χ4v) is 1.60. The van der Waals surface area contributed by atoms with Gasteiger partial charge in [0.1, 0.15) is 12.4 Å². The molecule has 4 nitrogen and oxygen atoms in total. The van der Waals surface area contributed by atoms with Crippen LogP contribution in [0.4, 0.5) is 10.1 Å². The molecule has 98 valence electrons. The van der Waals surface area contributed by atoms with Crippen LogP contribution in [0.1, 0.15) is 21.7 Å². The zero-order valence-corrected chi connectivity index (χ0v) is 10.4. The number of aromatic nitrogens is 1. The Morgan fingerprint density at radius 2 is 2.16 bits per heavy atom. The number of halogens is 1. The summed E-state index contributed by atoms with van der Waals surface area (Å²) in [6.45, 7) is 1.83. The SMILES string of the molecule is Cc1cccc(COC(=O)c2cc(N)ccc2F)n1. The highest BCUT2D eigenvalue weighted by Crippen LogP contribution is 2.14. The fraction of sp³-hybridized carbons (Fsp3) is 0.143. The molecule has 0 bridgehead atoms.